The van der Waals surface area contributed by atoms with Gasteiger partial charge in [-0.25, -0.2) is 0 Å². The summed E-state index contributed by atoms with van der Waals surface area (Å²) in [6.45, 7) is 6.08. The molecule has 0 fully saturated rings. The summed E-state index contributed by atoms with van der Waals surface area (Å²) in [5.41, 5.74) is 7.08. The second kappa shape index (κ2) is 4.81. The number of rotatable bonds is 5. The maximum atomic E-state index is 6.09. The summed E-state index contributed by atoms with van der Waals surface area (Å²) in [6, 6.07) is 1.98. The van der Waals surface area contributed by atoms with Crippen molar-refractivity contribution in [1.82, 2.24) is 0 Å². The smallest absolute Gasteiger partial charge is 0.105 e. The van der Waals surface area contributed by atoms with E-state index in [0.717, 1.165) is 24.2 Å². The van der Waals surface area contributed by atoms with E-state index < -0.39 is 0 Å². The van der Waals surface area contributed by atoms with E-state index in [9.17, 15) is 0 Å². The Morgan fingerprint density at radius 2 is 2.20 bits per heavy atom. The molecule has 0 aliphatic rings. The molecular weight excluding hydrogens is 190 g/mol. The van der Waals surface area contributed by atoms with Crippen LogP contribution in [0.2, 0.25) is 0 Å². The number of methoxy groups -OCH3 is 1. The zero-order valence-electron chi connectivity index (χ0n) is 10.0. The van der Waals surface area contributed by atoms with Gasteiger partial charge in [-0.15, -0.1) is 0 Å². The Balaban J connectivity index is 2.50. The molecule has 0 radical (unpaired) electrons. The monoisotopic (exact) mass is 211 g/mol. The van der Waals surface area contributed by atoms with Gasteiger partial charge in [0.1, 0.15) is 5.76 Å². The van der Waals surface area contributed by atoms with Crippen LogP contribution in [0.5, 0.6) is 0 Å². The molecule has 0 aliphatic heterocycles. The van der Waals surface area contributed by atoms with Crippen molar-refractivity contribution in [3.05, 3.63) is 23.7 Å². The highest BCUT2D eigenvalue weighted by Gasteiger charge is 2.19. The average Bonchev–Trinajstić information content (AvgIpc) is 2.61. The first-order chi connectivity index (χ1) is 6.96. The summed E-state index contributed by atoms with van der Waals surface area (Å²) in [5, 5.41) is 0. The molecule has 0 saturated heterocycles. The maximum absolute atomic E-state index is 6.09. The molecule has 1 heterocycles. The van der Waals surface area contributed by atoms with Gasteiger partial charge in [0, 0.05) is 18.7 Å². The Morgan fingerprint density at radius 3 is 2.67 bits per heavy atom. The summed E-state index contributed by atoms with van der Waals surface area (Å²) in [6.07, 6.45) is 3.53. The van der Waals surface area contributed by atoms with Crippen molar-refractivity contribution in [3.8, 4) is 0 Å². The molecule has 1 rings (SSSR count). The minimum Gasteiger partial charge on any atom is -0.469 e. The zero-order valence-corrected chi connectivity index (χ0v) is 10.0. The summed E-state index contributed by atoms with van der Waals surface area (Å²) in [4.78, 5) is 0. The fourth-order valence-corrected chi connectivity index (χ4v) is 1.54. The van der Waals surface area contributed by atoms with Gasteiger partial charge in [0.05, 0.1) is 11.9 Å². The van der Waals surface area contributed by atoms with Crippen LogP contribution in [0.1, 0.15) is 44.1 Å². The molecule has 0 aromatic carbocycles. The van der Waals surface area contributed by atoms with Crippen LogP contribution in [-0.4, -0.2) is 12.7 Å². The molecule has 0 amide bonds. The highest BCUT2D eigenvalue weighted by Crippen LogP contribution is 2.25. The van der Waals surface area contributed by atoms with Gasteiger partial charge in [-0.1, -0.05) is 0 Å². The molecule has 1 atom stereocenters. The van der Waals surface area contributed by atoms with Gasteiger partial charge in [0.25, 0.3) is 0 Å². The van der Waals surface area contributed by atoms with Crippen LogP contribution in [-0.2, 0) is 4.74 Å². The molecule has 0 spiro atoms. The number of hydrogen-bond donors (Lipinski definition) is 1. The summed E-state index contributed by atoms with van der Waals surface area (Å²) >= 11 is 0. The van der Waals surface area contributed by atoms with Gasteiger partial charge in [0.15, 0.2) is 0 Å². The topological polar surface area (TPSA) is 48.4 Å². The molecule has 2 N–H and O–H groups in total. The molecule has 0 aliphatic carbocycles. The van der Waals surface area contributed by atoms with Crippen molar-refractivity contribution in [2.45, 2.75) is 45.3 Å². The highest BCUT2D eigenvalue weighted by atomic mass is 16.5. The minimum absolute atomic E-state index is 0.0400. The van der Waals surface area contributed by atoms with E-state index in [1.165, 1.54) is 0 Å². The number of aryl methyl sites for hydroxylation is 1. The van der Waals surface area contributed by atoms with E-state index in [-0.39, 0.29) is 11.6 Å². The van der Waals surface area contributed by atoms with Gasteiger partial charge in [-0.05, 0) is 39.7 Å². The lowest BCUT2D eigenvalue weighted by Gasteiger charge is -2.24. The van der Waals surface area contributed by atoms with E-state index in [1.807, 2.05) is 13.0 Å². The van der Waals surface area contributed by atoms with Gasteiger partial charge < -0.3 is 14.9 Å². The summed E-state index contributed by atoms with van der Waals surface area (Å²) in [7, 11) is 1.73. The first kappa shape index (κ1) is 12.3. The Bertz CT molecular complexity index is 304. The largest absolute Gasteiger partial charge is 0.469 e. The normalized spacial score (nSPS) is 14.2. The van der Waals surface area contributed by atoms with Crippen molar-refractivity contribution in [3.63, 3.8) is 0 Å². The number of hydrogen-bond acceptors (Lipinski definition) is 3. The lowest BCUT2D eigenvalue weighted by molar-refractivity contribution is 0.0124. The first-order valence-corrected chi connectivity index (χ1v) is 5.31. The molecule has 0 saturated carbocycles. The van der Waals surface area contributed by atoms with E-state index >= 15 is 0 Å². The van der Waals surface area contributed by atoms with Crippen molar-refractivity contribution in [2.75, 3.05) is 7.11 Å². The van der Waals surface area contributed by atoms with Gasteiger partial charge >= 0.3 is 0 Å². The fourth-order valence-electron chi connectivity index (χ4n) is 1.54. The van der Waals surface area contributed by atoms with Crippen LogP contribution in [0.25, 0.3) is 0 Å². The maximum Gasteiger partial charge on any atom is 0.105 e. The van der Waals surface area contributed by atoms with Crippen molar-refractivity contribution < 1.29 is 9.15 Å². The number of nitrogens with two attached hydrogens (primary N) is 1. The van der Waals surface area contributed by atoms with Gasteiger partial charge in [-0.3, -0.25) is 0 Å². The van der Waals surface area contributed by atoms with E-state index in [2.05, 4.69) is 13.8 Å². The lowest BCUT2D eigenvalue weighted by atomic mass is 9.96. The third-order valence-electron chi connectivity index (χ3n) is 2.91. The second-order valence-electron chi connectivity index (χ2n) is 4.54. The summed E-state index contributed by atoms with van der Waals surface area (Å²) < 4.78 is 10.6. The predicted octanol–water partition coefficient (Wildman–Crippen LogP) is 2.79. The van der Waals surface area contributed by atoms with Crippen LogP contribution in [0, 0.1) is 6.92 Å². The van der Waals surface area contributed by atoms with E-state index in [4.69, 9.17) is 14.9 Å². The predicted molar refractivity (Wildman–Crippen MR) is 60.7 cm³/mol. The Morgan fingerprint density at radius 1 is 1.53 bits per heavy atom. The third kappa shape index (κ3) is 3.36. The third-order valence-corrected chi connectivity index (χ3v) is 2.91. The van der Waals surface area contributed by atoms with Crippen LogP contribution in [0.15, 0.2) is 16.7 Å². The lowest BCUT2D eigenvalue weighted by Crippen LogP contribution is -2.24. The first-order valence-electron chi connectivity index (χ1n) is 5.31. The molecule has 0 bridgehead atoms. The van der Waals surface area contributed by atoms with Crippen molar-refractivity contribution in [2.24, 2.45) is 5.73 Å². The molecule has 3 nitrogen and oxygen atoms in total. The fraction of sp³-hybridized carbons (Fsp3) is 0.667. The molecule has 1 aromatic rings. The zero-order chi connectivity index (χ0) is 11.5. The highest BCUT2D eigenvalue weighted by molar-refractivity contribution is 5.19. The summed E-state index contributed by atoms with van der Waals surface area (Å²) in [5.74, 6) is 0.915. The minimum atomic E-state index is -0.102. The van der Waals surface area contributed by atoms with Crippen LogP contribution in [0.4, 0.5) is 0 Å². The SMILES string of the molecule is COC(C)(C)CCC(N)c1ccoc1C. The Labute approximate surface area is 91.6 Å². The van der Waals surface area contributed by atoms with Crippen molar-refractivity contribution >= 4 is 0 Å². The standard InChI is InChI=1S/C12H21NO2/c1-9-10(6-8-15-9)11(13)5-7-12(2,3)14-4/h6,8,11H,5,7,13H2,1-4H3. The molecule has 15 heavy (non-hydrogen) atoms. The van der Waals surface area contributed by atoms with Gasteiger partial charge in [0.2, 0.25) is 0 Å². The Hall–Kier alpha value is -0.800. The van der Waals surface area contributed by atoms with Crippen molar-refractivity contribution in [1.29, 1.82) is 0 Å². The quantitative estimate of drug-likeness (QED) is 0.814. The molecule has 86 valence electrons. The van der Waals surface area contributed by atoms with Crippen LogP contribution in [0.3, 0.4) is 0 Å². The molecule has 1 aromatic heterocycles. The molecular formula is C12H21NO2. The number of ether oxygens (including phenoxy) is 1. The molecule has 3 heteroatoms. The second-order valence-corrected chi connectivity index (χ2v) is 4.54. The van der Waals surface area contributed by atoms with Gasteiger partial charge in [-0.2, -0.15) is 0 Å². The van der Waals surface area contributed by atoms with Crippen LogP contribution >= 0.6 is 0 Å². The average molecular weight is 211 g/mol. The van der Waals surface area contributed by atoms with E-state index in [0.29, 0.717) is 0 Å². The van der Waals surface area contributed by atoms with Crippen LogP contribution < -0.4 is 5.73 Å². The number of furan rings is 1. The Kier molecular flexibility index (Phi) is 3.94. The van der Waals surface area contributed by atoms with E-state index in [1.54, 1.807) is 13.4 Å². The molecule has 1 unspecified atom stereocenters.